The van der Waals surface area contributed by atoms with Crippen LogP contribution < -0.4 is 10.1 Å². The van der Waals surface area contributed by atoms with Crippen LogP contribution in [0.3, 0.4) is 0 Å². The maximum Gasteiger partial charge on any atom is 0.222 e. The van der Waals surface area contributed by atoms with Gasteiger partial charge in [0.15, 0.2) is 5.78 Å². The highest BCUT2D eigenvalue weighted by Gasteiger charge is 2.23. The predicted molar refractivity (Wildman–Crippen MR) is 128 cm³/mol. The van der Waals surface area contributed by atoms with E-state index in [2.05, 4.69) is 5.32 Å². The Kier molecular flexibility index (Phi) is 9.04. The Morgan fingerprint density at radius 3 is 2.33 bits per heavy atom. The zero-order valence-electron chi connectivity index (χ0n) is 19.6. The molecule has 0 radical (unpaired) electrons. The van der Waals surface area contributed by atoms with Gasteiger partial charge >= 0.3 is 0 Å². The molecule has 1 fully saturated rings. The summed E-state index contributed by atoms with van der Waals surface area (Å²) >= 11 is 0. The quantitative estimate of drug-likeness (QED) is 0.434. The first kappa shape index (κ1) is 24.5. The van der Waals surface area contributed by atoms with Crippen LogP contribution in [0.15, 0.2) is 48.5 Å². The standard InChI is InChI=1S/C27H34N2O4/c1-20-9-11-22(12-10-20)24(30)13-14-26(31)28-23-15-17-29(18-16-23)27(32)8-5-19-33-25-7-4-3-6-21(25)2/h3-4,6-7,9-12,23H,5,8,13-19H2,1-2H3,(H,28,31). The van der Waals surface area contributed by atoms with Crippen LogP contribution in [0.2, 0.25) is 0 Å². The SMILES string of the molecule is Cc1ccc(C(=O)CCC(=O)NC2CCN(C(=O)CCCOc3ccccc3C)CC2)cc1. The van der Waals surface area contributed by atoms with E-state index >= 15 is 0 Å². The number of hydrogen-bond acceptors (Lipinski definition) is 4. The fourth-order valence-corrected chi connectivity index (χ4v) is 3.97. The molecule has 0 saturated carbocycles. The summed E-state index contributed by atoms with van der Waals surface area (Å²) in [6.45, 7) is 5.78. The number of carbonyl (C=O) groups is 3. The zero-order valence-corrected chi connectivity index (χ0v) is 19.6. The van der Waals surface area contributed by atoms with Gasteiger partial charge in [-0.3, -0.25) is 14.4 Å². The van der Waals surface area contributed by atoms with Crippen LogP contribution in [-0.2, 0) is 9.59 Å². The van der Waals surface area contributed by atoms with Gasteiger partial charge in [0.2, 0.25) is 11.8 Å². The molecule has 0 unspecified atom stereocenters. The first-order valence-electron chi connectivity index (χ1n) is 11.8. The van der Waals surface area contributed by atoms with Crippen molar-refractivity contribution in [3.05, 3.63) is 65.2 Å². The molecule has 6 heteroatoms. The molecule has 1 aliphatic heterocycles. The molecule has 1 N–H and O–H groups in total. The van der Waals surface area contributed by atoms with Crippen LogP contribution in [-0.4, -0.2) is 48.2 Å². The summed E-state index contributed by atoms with van der Waals surface area (Å²) in [4.78, 5) is 38.9. The van der Waals surface area contributed by atoms with Gasteiger partial charge < -0.3 is 15.0 Å². The number of likely N-dealkylation sites (tertiary alicyclic amines) is 1. The number of nitrogens with zero attached hydrogens (tertiary/aromatic N) is 1. The Balaban J connectivity index is 1.30. The molecule has 33 heavy (non-hydrogen) atoms. The minimum absolute atomic E-state index is 0.0167. The third kappa shape index (κ3) is 7.74. The monoisotopic (exact) mass is 450 g/mol. The third-order valence-corrected chi connectivity index (χ3v) is 6.05. The second-order valence-electron chi connectivity index (χ2n) is 8.73. The molecule has 1 heterocycles. The van der Waals surface area contributed by atoms with Gasteiger partial charge in [-0.15, -0.1) is 0 Å². The number of rotatable bonds is 10. The number of hydrogen-bond donors (Lipinski definition) is 1. The lowest BCUT2D eigenvalue weighted by Gasteiger charge is -2.32. The maximum absolute atomic E-state index is 12.5. The van der Waals surface area contributed by atoms with Crippen LogP contribution >= 0.6 is 0 Å². The first-order chi connectivity index (χ1) is 15.9. The zero-order chi connectivity index (χ0) is 23.6. The van der Waals surface area contributed by atoms with E-state index in [4.69, 9.17) is 4.74 Å². The van der Waals surface area contributed by atoms with Crippen LogP contribution in [0, 0.1) is 13.8 Å². The normalized spacial score (nSPS) is 14.1. The maximum atomic E-state index is 12.5. The summed E-state index contributed by atoms with van der Waals surface area (Å²) in [7, 11) is 0. The Hall–Kier alpha value is -3.15. The van der Waals surface area contributed by atoms with E-state index < -0.39 is 0 Å². The van der Waals surface area contributed by atoms with Crippen molar-refractivity contribution in [1.29, 1.82) is 0 Å². The van der Waals surface area contributed by atoms with Crippen molar-refractivity contribution in [2.75, 3.05) is 19.7 Å². The molecule has 1 saturated heterocycles. The topological polar surface area (TPSA) is 75.7 Å². The van der Waals surface area contributed by atoms with Crippen molar-refractivity contribution in [2.45, 2.75) is 58.4 Å². The average Bonchev–Trinajstić information content (AvgIpc) is 2.82. The third-order valence-electron chi connectivity index (χ3n) is 6.05. The summed E-state index contributed by atoms with van der Waals surface area (Å²) < 4.78 is 5.77. The van der Waals surface area contributed by atoms with Gasteiger partial charge in [0.25, 0.3) is 0 Å². The van der Waals surface area contributed by atoms with Gasteiger partial charge in [-0.2, -0.15) is 0 Å². The molecule has 1 aliphatic rings. The molecule has 2 aromatic carbocycles. The highest BCUT2D eigenvalue weighted by Crippen LogP contribution is 2.17. The Labute approximate surface area is 196 Å². The first-order valence-corrected chi connectivity index (χ1v) is 11.8. The minimum Gasteiger partial charge on any atom is -0.493 e. The van der Waals surface area contributed by atoms with Crippen molar-refractivity contribution in [3.63, 3.8) is 0 Å². The van der Waals surface area contributed by atoms with E-state index in [1.807, 2.05) is 55.1 Å². The van der Waals surface area contributed by atoms with E-state index in [0.717, 1.165) is 29.7 Å². The van der Waals surface area contributed by atoms with E-state index in [-0.39, 0.29) is 36.5 Å². The molecule has 2 amide bonds. The molecule has 6 nitrogen and oxygen atoms in total. The van der Waals surface area contributed by atoms with Gasteiger partial charge in [-0.25, -0.2) is 0 Å². The van der Waals surface area contributed by atoms with E-state index in [1.165, 1.54) is 0 Å². The van der Waals surface area contributed by atoms with Gasteiger partial charge in [0.1, 0.15) is 5.75 Å². The smallest absolute Gasteiger partial charge is 0.222 e. The van der Waals surface area contributed by atoms with Crippen LogP contribution in [0.4, 0.5) is 0 Å². The molecule has 0 aliphatic carbocycles. The molecule has 176 valence electrons. The van der Waals surface area contributed by atoms with Crippen LogP contribution in [0.1, 0.15) is 60.0 Å². The van der Waals surface area contributed by atoms with E-state index in [0.29, 0.717) is 38.1 Å². The molecule has 0 bridgehead atoms. The highest BCUT2D eigenvalue weighted by molar-refractivity contribution is 5.98. The number of para-hydroxylation sites is 1. The molecular weight excluding hydrogens is 416 g/mol. The summed E-state index contributed by atoms with van der Waals surface area (Å²) in [6.07, 6.45) is 3.01. The molecule has 0 spiro atoms. The fraction of sp³-hybridized carbons (Fsp3) is 0.444. The van der Waals surface area contributed by atoms with Crippen LogP contribution in [0.25, 0.3) is 0 Å². The van der Waals surface area contributed by atoms with Gasteiger partial charge in [0.05, 0.1) is 6.61 Å². The fourth-order valence-electron chi connectivity index (χ4n) is 3.97. The van der Waals surface area contributed by atoms with Gasteiger partial charge in [-0.05, 0) is 44.7 Å². The number of ether oxygens (including phenoxy) is 1. The number of aryl methyl sites for hydroxylation is 2. The molecule has 0 atom stereocenters. The summed E-state index contributed by atoms with van der Waals surface area (Å²) in [5, 5.41) is 3.02. The second kappa shape index (κ2) is 12.2. The molecule has 0 aromatic heterocycles. The van der Waals surface area contributed by atoms with E-state index in [9.17, 15) is 14.4 Å². The summed E-state index contributed by atoms with van der Waals surface area (Å²) in [5.41, 5.74) is 2.83. The van der Waals surface area contributed by atoms with Crippen molar-refractivity contribution < 1.29 is 19.1 Å². The second-order valence-corrected chi connectivity index (χ2v) is 8.73. The summed E-state index contributed by atoms with van der Waals surface area (Å²) in [5.74, 6) is 0.879. The largest absolute Gasteiger partial charge is 0.493 e. The van der Waals surface area contributed by atoms with Crippen molar-refractivity contribution in [1.82, 2.24) is 10.2 Å². The number of nitrogens with one attached hydrogen (secondary N) is 1. The Morgan fingerprint density at radius 1 is 0.939 bits per heavy atom. The van der Waals surface area contributed by atoms with Crippen LogP contribution in [0.5, 0.6) is 5.75 Å². The lowest BCUT2D eigenvalue weighted by molar-refractivity contribution is -0.132. The predicted octanol–water partition coefficient (Wildman–Crippen LogP) is 4.23. The Morgan fingerprint density at radius 2 is 1.64 bits per heavy atom. The number of piperidine rings is 1. The molecular formula is C27H34N2O4. The lowest BCUT2D eigenvalue weighted by atomic mass is 10.0. The lowest BCUT2D eigenvalue weighted by Crippen LogP contribution is -2.46. The molecule has 3 rings (SSSR count). The van der Waals surface area contributed by atoms with Crippen molar-refractivity contribution in [3.8, 4) is 5.75 Å². The Bertz CT molecular complexity index is 947. The van der Waals surface area contributed by atoms with Gasteiger partial charge in [-0.1, -0.05) is 48.0 Å². The van der Waals surface area contributed by atoms with Crippen molar-refractivity contribution >= 4 is 17.6 Å². The molecule has 2 aromatic rings. The minimum atomic E-state index is -0.103. The highest BCUT2D eigenvalue weighted by atomic mass is 16.5. The average molecular weight is 451 g/mol. The van der Waals surface area contributed by atoms with Gasteiger partial charge in [0, 0.05) is 44.0 Å². The van der Waals surface area contributed by atoms with Crippen molar-refractivity contribution in [2.24, 2.45) is 0 Å². The number of Topliss-reactive ketones (excluding diaryl/α,β-unsaturated/α-hetero) is 1. The summed E-state index contributed by atoms with van der Waals surface area (Å²) in [6, 6.07) is 15.3. The van der Waals surface area contributed by atoms with E-state index in [1.54, 1.807) is 12.1 Å². The number of amides is 2. The number of benzene rings is 2. The number of carbonyl (C=O) groups excluding carboxylic acids is 3. The number of ketones is 1.